The number of carboxylic acids is 1. The lowest BCUT2D eigenvalue weighted by atomic mass is 10.1. The molecule has 0 bridgehead atoms. The number of aromatic nitrogens is 5. The van der Waals surface area contributed by atoms with Gasteiger partial charge in [-0.3, -0.25) is 9.59 Å². The van der Waals surface area contributed by atoms with Crippen LogP contribution in [0.1, 0.15) is 19.0 Å². The quantitative estimate of drug-likeness (QED) is 0.343. The average molecular weight is 432 g/mol. The number of para-hydroxylation sites is 1. The van der Waals surface area contributed by atoms with Crippen LogP contribution in [0, 0.1) is 6.92 Å². The van der Waals surface area contributed by atoms with Crippen molar-refractivity contribution in [2.75, 3.05) is 6.54 Å². The normalized spacial score (nSPS) is 11.1. The fraction of sp³-hybridized carbons (Fsp3) is 0.217. The van der Waals surface area contributed by atoms with Gasteiger partial charge in [-0.15, -0.1) is 0 Å². The first-order valence-corrected chi connectivity index (χ1v) is 10.3. The third-order valence-corrected chi connectivity index (χ3v) is 5.29. The summed E-state index contributed by atoms with van der Waals surface area (Å²) in [7, 11) is 0. The van der Waals surface area contributed by atoms with Gasteiger partial charge in [0, 0.05) is 35.6 Å². The van der Waals surface area contributed by atoms with Crippen LogP contribution in [0.2, 0.25) is 0 Å². The number of hydrogen-bond donors (Lipinski definition) is 4. The number of carboxylic acid groups (broad SMARTS) is 1. The molecule has 0 aliphatic carbocycles. The fourth-order valence-corrected chi connectivity index (χ4v) is 3.95. The molecular formula is C23H24N6O3. The van der Waals surface area contributed by atoms with Crippen molar-refractivity contribution in [1.82, 2.24) is 24.5 Å². The van der Waals surface area contributed by atoms with Crippen LogP contribution in [0.15, 0.2) is 47.5 Å². The number of carbonyl (C=O) groups is 1. The molecule has 0 amide bonds. The first kappa shape index (κ1) is 21.3. The standard InChI is InChI=1S/C21H20N6O.C2H4O2/c1-12-19(13-5-2-3-6-18(13)27(12)8-4-7-22)20-21(28)26-17-10-15-14(23-11-24-15)9-16(17)25-20;1-2(3)4/h2-3,5-6,9-11H,4,7-8,22H2,1H3,(H,23,24)(H,26,28);1H3,(H,3,4). The monoisotopic (exact) mass is 432 g/mol. The number of nitrogens with zero attached hydrogens (tertiary/aromatic N) is 3. The second-order valence-electron chi connectivity index (χ2n) is 7.49. The molecule has 2 aromatic carbocycles. The highest BCUT2D eigenvalue weighted by Crippen LogP contribution is 2.33. The van der Waals surface area contributed by atoms with E-state index in [-0.39, 0.29) is 5.56 Å². The highest BCUT2D eigenvalue weighted by Gasteiger charge is 2.19. The molecule has 5 N–H and O–H groups in total. The number of H-pyrrole nitrogens is 2. The number of aryl methyl sites for hydroxylation is 1. The Kier molecular flexibility index (Phi) is 5.74. The molecule has 0 unspecified atom stereocenters. The van der Waals surface area contributed by atoms with Crippen molar-refractivity contribution in [3.8, 4) is 11.3 Å². The van der Waals surface area contributed by atoms with E-state index in [1.807, 2.05) is 37.3 Å². The predicted octanol–water partition coefficient (Wildman–Crippen LogP) is 3.17. The van der Waals surface area contributed by atoms with Gasteiger partial charge < -0.3 is 25.4 Å². The number of nitrogens with two attached hydrogens (primary N) is 1. The third kappa shape index (κ3) is 3.85. The van der Waals surface area contributed by atoms with Crippen molar-refractivity contribution in [3.05, 3.63) is 58.8 Å². The Labute approximate surface area is 182 Å². The van der Waals surface area contributed by atoms with Gasteiger partial charge in [-0.1, -0.05) is 18.2 Å². The minimum absolute atomic E-state index is 0.202. The molecule has 0 spiro atoms. The first-order valence-electron chi connectivity index (χ1n) is 10.3. The molecule has 0 fully saturated rings. The molecule has 5 aromatic rings. The van der Waals surface area contributed by atoms with Crippen LogP contribution in [-0.2, 0) is 11.3 Å². The summed E-state index contributed by atoms with van der Waals surface area (Å²) in [6.45, 7) is 4.55. The summed E-state index contributed by atoms with van der Waals surface area (Å²) in [5, 5.41) is 8.44. The molecule has 3 aromatic heterocycles. The number of rotatable bonds is 4. The zero-order valence-electron chi connectivity index (χ0n) is 17.8. The smallest absolute Gasteiger partial charge is 0.300 e. The molecule has 5 rings (SSSR count). The van der Waals surface area contributed by atoms with Crippen molar-refractivity contribution in [1.29, 1.82) is 0 Å². The molecule has 164 valence electrons. The van der Waals surface area contributed by atoms with Crippen LogP contribution in [0.3, 0.4) is 0 Å². The van der Waals surface area contributed by atoms with Crippen molar-refractivity contribution in [3.63, 3.8) is 0 Å². The van der Waals surface area contributed by atoms with E-state index in [1.165, 1.54) is 0 Å². The Morgan fingerprint density at radius 1 is 1.19 bits per heavy atom. The largest absolute Gasteiger partial charge is 0.481 e. The predicted molar refractivity (Wildman–Crippen MR) is 125 cm³/mol. The summed E-state index contributed by atoms with van der Waals surface area (Å²) in [5.74, 6) is -0.833. The number of imidazole rings is 1. The Hall–Kier alpha value is -3.98. The minimum Gasteiger partial charge on any atom is -0.481 e. The van der Waals surface area contributed by atoms with Crippen LogP contribution in [-0.4, -0.2) is 42.1 Å². The Balaban J connectivity index is 0.000000567. The summed E-state index contributed by atoms with van der Waals surface area (Å²) in [5.41, 5.74) is 12.0. The number of fused-ring (bicyclic) bond motifs is 3. The maximum atomic E-state index is 13.0. The van der Waals surface area contributed by atoms with Gasteiger partial charge in [-0.25, -0.2) is 9.97 Å². The molecule has 0 radical (unpaired) electrons. The van der Waals surface area contributed by atoms with Gasteiger partial charge in [0.15, 0.2) is 0 Å². The number of hydrogen-bond acceptors (Lipinski definition) is 5. The van der Waals surface area contributed by atoms with Gasteiger partial charge in [0.25, 0.3) is 11.5 Å². The van der Waals surface area contributed by atoms with Gasteiger partial charge in [-0.05, 0) is 38.1 Å². The maximum Gasteiger partial charge on any atom is 0.300 e. The average Bonchev–Trinajstić information content (AvgIpc) is 3.31. The molecule has 0 saturated carbocycles. The van der Waals surface area contributed by atoms with Crippen LogP contribution in [0.4, 0.5) is 0 Å². The SMILES string of the molecule is CC(=O)O.Cc1c(-c2nc3cc4[nH]cnc4cc3[nH]c2=O)c2ccccc2n1CCCN. The van der Waals surface area contributed by atoms with E-state index >= 15 is 0 Å². The molecule has 0 saturated heterocycles. The fourth-order valence-electron chi connectivity index (χ4n) is 3.95. The van der Waals surface area contributed by atoms with E-state index in [1.54, 1.807) is 6.33 Å². The summed E-state index contributed by atoms with van der Waals surface area (Å²) in [4.78, 5) is 37.0. The zero-order chi connectivity index (χ0) is 22.8. The van der Waals surface area contributed by atoms with Crippen LogP contribution in [0.5, 0.6) is 0 Å². The first-order chi connectivity index (χ1) is 15.4. The summed E-state index contributed by atoms with van der Waals surface area (Å²) >= 11 is 0. The van der Waals surface area contributed by atoms with Crippen LogP contribution >= 0.6 is 0 Å². The molecule has 9 nitrogen and oxygen atoms in total. The van der Waals surface area contributed by atoms with Gasteiger partial charge >= 0.3 is 0 Å². The summed E-state index contributed by atoms with van der Waals surface area (Å²) in [6.07, 6.45) is 2.51. The van der Waals surface area contributed by atoms with Crippen molar-refractivity contribution in [2.45, 2.75) is 26.8 Å². The molecule has 3 heterocycles. The molecule has 32 heavy (non-hydrogen) atoms. The lowest BCUT2D eigenvalue weighted by Gasteiger charge is -2.08. The third-order valence-electron chi connectivity index (χ3n) is 5.29. The second-order valence-corrected chi connectivity index (χ2v) is 7.49. The van der Waals surface area contributed by atoms with Gasteiger partial charge in [0.1, 0.15) is 5.69 Å². The lowest BCUT2D eigenvalue weighted by molar-refractivity contribution is -0.134. The molecule has 0 aliphatic rings. The molecule has 0 atom stereocenters. The van der Waals surface area contributed by atoms with E-state index in [4.69, 9.17) is 20.6 Å². The maximum absolute atomic E-state index is 13.0. The Morgan fingerprint density at radius 2 is 1.91 bits per heavy atom. The van der Waals surface area contributed by atoms with E-state index in [2.05, 4.69) is 25.6 Å². The molecule has 0 aliphatic heterocycles. The van der Waals surface area contributed by atoms with E-state index in [9.17, 15) is 4.79 Å². The Morgan fingerprint density at radius 3 is 2.66 bits per heavy atom. The topological polar surface area (TPSA) is 143 Å². The van der Waals surface area contributed by atoms with E-state index in [0.717, 1.165) is 58.6 Å². The highest BCUT2D eigenvalue weighted by atomic mass is 16.4. The highest BCUT2D eigenvalue weighted by molar-refractivity contribution is 5.98. The van der Waals surface area contributed by atoms with E-state index < -0.39 is 5.97 Å². The molecular weight excluding hydrogens is 408 g/mol. The van der Waals surface area contributed by atoms with Crippen LogP contribution in [0.25, 0.3) is 44.2 Å². The van der Waals surface area contributed by atoms with E-state index in [0.29, 0.717) is 17.8 Å². The Bertz CT molecular complexity index is 1490. The van der Waals surface area contributed by atoms with Gasteiger partial charge in [-0.2, -0.15) is 0 Å². The van der Waals surface area contributed by atoms with Crippen molar-refractivity contribution >= 4 is 38.9 Å². The second kappa shape index (κ2) is 8.64. The minimum atomic E-state index is -0.833. The lowest BCUT2D eigenvalue weighted by Crippen LogP contribution is -2.12. The van der Waals surface area contributed by atoms with Crippen molar-refractivity contribution < 1.29 is 9.90 Å². The van der Waals surface area contributed by atoms with Crippen LogP contribution < -0.4 is 11.3 Å². The summed E-state index contributed by atoms with van der Waals surface area (Å²) in [6, 6.07) is 11.9. The number of nitrogens with one attached hydrogen (secondary N) is 2. The number of aliphatic carboxylic acids is 1. The number of benzene rings is 2. The molecule has 9 heteroatoms. The van der Waals surface area contributed by atoms with Crippen molar-refractivity contribution in [2.24, 2.45) is 5.73 Å². The zero-order valence-corrected chi connectivity index (χ0v) is 17.8. The van der Waals surface area contributed by atoms with Gasteiger partial charge in [0.05, 0.1) is 28.4 Å². The number of aromatic amines is 2. The van der Waals surface area contributed by atoms with Gasteiger partial charge in [0.2, 0.25) is 0 Å². The summed E-state index contributed by atoms with van der Waals surface area (Å²) < 4.78 is 2.22.